The highest BCUT2D eigenvalue weighted by molar-refractivity contribution is 6.67. The van der Waals surface area contributed by atoms with Gasteiger partial charge in [0.05, 0.1) is 10.6 Å². The first-order chi connectivity index (χ1) is 6.97. The van der Waals surface area contributed by atoms with Crippen molar-refractivity contribution in [3.05, 3.63) is 28.0 Å². The molecule has 0 spiro atoms. The standard InChI is InChI=1S/C8H2Cl2F2N2O/c9-4-1-5(7(10)15)14-6(8(11)12)3(4)2-13/h1,8H. The fraction of sp³-hybridized carbons (Fsp3) is 0.125. The van der Waals surface area contributed by atoms with Crippen LogP contribution in [0.15, 0.2) is 6.07 Å². The highest BCUT2D eigenvalue weighted by Gasteiger charge is 2.20. The molecule has 7 heteroatoms. The van der Waals surface area contributed by atoms with Crippen molar-refractivity contribution < 1.29 is 13.6 Å². The largest absolute Gasteiger partial charge is 0.281 e. The van der Waals surface area contributed by atoms with Gasteiger partial charge in [-0.15, -0.1) is 0 Å². The number of nitriles is 1. The molecule has 1 heterocycles. The Hall–Kier alpha value is -1.25. The number of alkyl halides is 2. The van der Waals surface area contributed by atoms with Crippen molar-refractivity contribution in [2.45, 2.75) is 6.43 Å². The Morgan fingerprint density at radius 2 is 2.20 bits per heavy atom. The van der Waals surface area contributed by atoms with E-state index < -0.39 is 28.6 Å². The number of pyridine rings is 1. The Kier molecular flexibility index (Phi) is 3.56. The topological polar surface area (TPSA) is 53.8 Å². The summed E-state index contributed by atoms with van der Waals surface area (Å²) in [6.45, 7) is 0. The van der Waals surface area contributed by atoms with Crippen LogP contribution in [0.25, 0.3) is 0 Å². The summed E-state index contributed by atoms with van der Waals surface area (Å²) < 4.78 is 24.8. The first-order valence-corrected chi connectivity index (χ1v) is 4.31. The molecule has 0 amide bonds. The van der Waals surface area contributed by atoms with Gasteiger partial charge >= 0.3 is 0 Å². The average Bonchev–Trinajstić information content (AvgIpc) is 2.16. The van der Waals surface area contributed by atoms with Crippen LogP contribution in [-0.2, 0) is 0 Å². The maximum absolute atomic E-state index is 12.4. The van der Waals surface area contributed by atoms with Crippen molar-refractivity contribution in [3.8, 4) is 6.07 Å². The quantitative estimate of drug-likeness (QED) is 0.759. The Morgan fingerprint density at radius 3 is 2.60 bits per heavy atom. The van der Waals surface area contributed by atoms with E-state index in [4.69, 9.17) is 28.5 Å². The predicted molar refractivity (Wildman–Crippen MR) is 49.1 cm³/mol. The molecule has 1 rings (SSSR count). The summed E-state index contributed by atoms with van der Waals surface area (Å²) in [5, 5.41) is 7.27. The molecule has 0 atom stereocenters. The molecule has 0 aliphatic carbocycles. The number of halogens is 4. The molecule has 3 nitrogen and oxygen atoms in total. The van der Waals surface area contributed by atoms with Gasteiger partial charge in [-0.05, 0) is 17.7 Å². The van der Waals surface area contributed by atoms with Crippen LogP contribution in [0.3, 0.4) is 0 Å². The lowest BCUT2D eigenvalue weighted by atomic mass is 10.2. The molecule has 1 aromatic heterocycles. The fourth-order valence-corrected chi connectivity index (χ4v) is 1.24. The van der Waals surface area contributed by atoms with Crippen molar-refractivity contribution in [1.82, 2.24) is 4.98 Å². The minimum atomic E-state index is -2.99. The van der Waals surface area contributed by atoms with Gasteiger partial charge in [-0.3, -0.25) is 4.79 Å². The van der Waals surface area contributed by atoms with Gasteiger partial charge in [-0.25, -0.2) is 13.8 Å². The minimum absolute atomic E-state index is 0.271. The van der Waals surface area contributed by atoms with E-state index in [0.29, 0.717) is 0 Å². The van der Waals surface area contributed by atoms with Crippen molar-refractivity contribution in [3.63, 3.8) is 0 Å². The lowest BCUT2D eigenvalue weighted by Crippen LogP contribution is -2.03. The summed E-state index contributed by atoms with van der Waals surface area (Å²) in [7, 11) is 0. The molecule has 0 N–H and O–H groups in total. The van der Waals surface area contributed by atoms with Gasteiger partial charge in [0.2, 0.25) is 0 Å². The minimum Gasteiger partial charge on any atom is -0.274 e. The van der Waals surface area contributed by atoms with Crippen LogP contribution in [0, 0.1) is 11.3 Å². The number of hydrogen-bond donors (Lipinski definition) is 0. The van der Waals surface area contributed by atoms with Gasteiger partial charge in [-0.2, -0.15) is 5.26 Å². The Balaban J connectivity index is 3.47. The molecule has 0 saturated heterocycles. The van der Waals surface area contributed by atoms with Crippen LogP contribution in [0.1, 0.15) is 28.2 Å². The third kappa shape index (κ3) is 2.41. The van der Waals surface area contributed by atoms with E-state index in [1.165, 1.54) is 6.07 Å². The molecule has 0 aliphatic heterocycles. The van der Waals surface area contributed by atoms with Crippen molar-refractivity contribution in [2.24, 2.45) is 0 Å². The van der Waals surface area contributed by atoms with Crippen LogP contribution in [-0.4, -0.2) is 10.2 Å². The number of carbonyl (C=O) groups excluding carboxylic acids is 1. The number of hydrogen-bond acceptors (Lipinski definition) is 3. The summed E-state index contributed by atoms with van der Waals surface area (Å²) in [5.41, 5.74) is -1.70. The monoisotopic (exact) mass is 250 g/mol. The Labute approximate surface area is 93.2 Å². The fourth-order valence-electron chi connectivity index (χ4n) is 0.902. The van der Waals surface area contributed by atoms with E-state index in [9.17, 15) is 13.6 Å². The van der Waals surface area contributed by atoms with Crippen molar-refractivity contribution in [1.29, 1.82) is 5.26 Å². The lowest BCUT2D eigenvalue weighted by molar-refractivity contribution is 0.107. The van der Waals surface area contributed by atoms with E-state index >= 15 is 0 Å². The molecule has 0 unspecified atom stereocenters. The van der Waals surface area contributed by atoms with E-state index in [2.05, 4.69) is 4.98 Å². The first-order valence-electron chi connectivity index (χ1n) is 3.56. The van der Waals surface area contributed by atoms with Crippen LogP contribution in [0.2, 0.25) is 5.02 Å². The third-order valence-electron chi connectivity index (χ3n) is 1.52. The smallest absolute Gasteiger partial charge is 0.274 e. The van der Waals surface area contributed by atoms with E-state index in [0.717, 1.165) is 6.07 Å². The van der Waals surface area contributed by atoms with Crippen LogP contribution >= 0.6 is 23.2 Å². The number of aromatic nitrogens is 1. The van der Waals surface area contributed by atoms with Gasteiger partial charge < -0.3 is 0 Å². The van der Waals surface area contributed by atoms with Crippen LogP contribution in [0.5, 0.6) is 0 Å². The number of nitrogens with zero attached hydrogens (tertiary/aromatic N) is 2. The zero-order valence-electron chi connectivity index (χ0n) is 6.97. The Morgan fingerprint density at radius 1 is 1.60 bits per heavy atom. The van der Waals surface area contributed by atoms with E-state index in [1.807, 2.05) is 0 Å². The summed E-state index contributed by atoms with van der Waals surface area (Å²) in [6.07, 6.45) is -2.99. The summed E-state index contributed by atoms with van der Waals surface area (Å²) in [4.78, 5) is 14.0. The molecule has 0 aliphatic rings. The van der Waals surface area contributed by atoms with Gasteiger partial charge in [0, 0.05) is 0 Å². The normalized spacial score (nSPS) is 10.1. The predicted octanol–water partition coefficient (Wildman–Crippen LogP) is 2.92. The summed E-state index contributed by atoms with van der Waals surface area (Å²) in [5.74, 6) is 0. The summed E-state index contributed by atoms with van der Waals surface area (Å²) in [6, 6.07) is 2.46. The van der Waals surface area contributed by atoms with E-state index in [1.54, 1.807) is 0 Å². The van der Waals surface area contributed by atoms with Gasteiger partial charge in [0.1, 0.15) is 17.5 Å². The van der Waals surface area contributed by atoms with Crippen LogP contribution < -0.4 is 0 Å². The SMILES string of the molecule is N#Cc1c(Cl)cc(C(=O)Cl)nc1C(F)F. The maximum Gasteiger partial charge on any atom is 0.281 e. The lowest BCUT2D eigenvalue weighted by Gasteiger charge is -2.04. The van der Waals surface area contributed by atoms with Gasteiger partial charge in [-0.1, -0.05) is 11.6 Å². The van der Waals surface area contributed by atoms with Gasteiger partial charge in [0.15, 0.2) is 0 Å². The highest BCUT2D eigenvalue weighted by Crippen LogP contribution is 2.27. The van der Waals surface area contributed by atoms with E-state index in [-0.39, 0.29) is 5.02 Å². The molecule has 0 saturated carbocycles. The van der Waals surface area contributed by atoms with Crippen molar-refractivity contribution >= 4 is 28.4 Å². The molecule has 15 heavy (non-hydrogen) atoms. The summed E-state index contributed by atoms with van der Waals surface area (Å²) >= 11 is 10.6. The van der Waals surface area contributed by atoms with Crippen LogP contribution in [0.4, 0.5) is 8.78 Å². The molecule has 0 aromatic carbocycles. The molecular weight excluding hydrogens is 249 g/mol. The molecule has 0 bridgehead atoms. The number of rotatable bonds is 2. The Bertz CT molecular complexity index is 457. The van der Waals surface area contributed by atoms with Crippen molar-refractivity contribution in [2.75, 3.05) is 0 Å². The maximum atomic E-state index is 12.4. The second-order valence-electron chi connectivity index (χ2n) is 2.44. The molecule has 0 fully saturated rings. The molecule has 78 valence electrons. The third-order valence-corrected chi connectivity index (χ3v) is 2.01. The first kappa shape index (κ1) is 11.8. The zero-order valence-corrected chi connectivity index (χ0v) is 8.48. The highest BCUT2D eigenvalue weighted by atomic mass is 35.5. The van der Waals surface area contributed by atoms with Gasteiger partial charge in [0.25, 0.3) is 11.7 Å². The average molecular weight is 251 g/mol. The molecule has 0 radical (unpaired) electrons. The molecule has 1 aromatic rings. The number of carbonyl (C=O) groups is 1. The zero-order chi connectivity index (χ0) is 11.6. The molecular formula is C8H2Cl2F2N2O. The second-order valence-corrected chi connectivity index (χ2v) is 3.19. The second kappa shape index (κ2) is 4.51.